The second-order valence-electron chi connectivity index (χ2n) is 3.09. The summed E-state index contributed by atoms with van der Waals surface area (Å²) in [5.74, 6) is 0. The van der Waals surface area contributed by atoms with Crippen LogP contribution in [0.25, 0.3) is 0 Å². The minimum Gasteiger partial charge on any atom is -0.399 e. The third kappa shape index (κ3) is 3.40. The van der Waals surface area contributed by atoms with Crippen LogP contribution in [-0.4, -0.2) is 12.8 Å². The van der Waals surface area contributed by atoms with Crippen LogP contribution in [0, 0.1) is 0 Å². The molecule has 0 N–H and O–H groups in total. The van der Waals surface area contributed by atoms with Crippen molar-refractivity contribution < 1.29 is 4.84 Å². The minimum atomic E-state index is 0.603. The number of hydrogen-bond acceptors (Lipinski definition) is 2. The van der Waals surface area contributed by atoms with Crippen LogP contribution in [-0.2, 0) is 4.84 Å². The van der Waals surface area contributed by atoms with Crippen LogP contribution in [0.4, 0.5) is 0 Å². The second-order valence-corrected chi connectivity index (χ2v) is 3.94. The van der Waals surface area contributed by atoms with Crippen molar-refractivity contribution in [2.75, 3.05) is 7.11 Å². The quantitative estimate of drug-likeness (QED) is 0.577. The lowest BCUT2D eigenvalue weighted by atomic mass is 10.1. The van der Waals surface area contributed by atoms with Crippen molar-refractivity contribution in [3.05, 3.63) is 33.8 Å². The predicted molar refractivity (Wildman–Crippen MR) is 64.9 cm³/mol. The summed E-state index contributed by atoms with van der Waals surface area (Å²) >= 11 is 11.9. The topological polar surface area (TPSA) is 21.6 Å². The van der Waals surface area contributed by atoms with Gasteiger partial charge in [0.25, 0.3) is 0 Å². The lowest BCUT2D eigenvalue weighted by Crippen LogP contribution is -2.02. The Kier molecular flexibility index (Phi) is 4.92. The van der Waals surface area contributed by atoms with E-state index in [1.54, 1.807) is 12.1 Å². The third-order valence-electron chi connectivity index (χ3n) is 1.93. The molecule has 0 bridgehead atoms. The maximum absolute atomic E-state index is 6.07. The fourth-order valence-electron chi connectivity index (χ4n) is 1.30. The minimum absolute atomic E-state index is 0.603. The second kappa shape index (κ2) is 5.99. The first-order valence-corrected chi connectivity index (χ1v) is 5.50. The van der Waals surface area contributed by atoms with Gasteiger partial charge < -0.3 is 4.84 Å². The molecule has 0 atom stereocenters. The fraction of sp³-hybridized carbons (Fsp3) is 0.364. The SMILES string of the molecule is CCC/C(=N/OC)c1ccc(Cl)cc1Cl. The number of nitrogens with zero attached hydrogens (tertiary/aromatic N) is 1. The highest BCUT2D eigenvalue weighted by Crippen LogP contribution is 2.23. The van der Waals surface area contributed by atoms with Crippen molar-refractivity contribution >= 4 is 28.9 Å². The molecular formula is C11H13Cl2NO. The van der Waals surface area contributed by atoms with E-state index in [-0.39, 0.29) is 0 Å². The van der Waals surface area contributed by atoms with Crippen molar-refractivity contribution in [2.45, 2.75) is 19.8 Å². The van der Waals surface area contributed by atoms with Gasteiger partial charge in [-0.2, -0.15) is 0 Å². The Morgan fingerprint density at radius 3 is 2.67 bits per heavy atom. The van der Waals surface area contributed by atoms with Crippen LogP contribution < -0.4 is 0 Å². The normalized spacial score (nSPS) is 11.6. The molecule has 1 rings (SSSR count). The Hall–Kier alpha value is -0.730. The average molecular weight is 246 g/mol. The summed E-state index contributed by atoms with van der Waals surface area (Å²) in [6, 6.07) is 5.36. The summed E-state index contributed by atoms with van der Waals surface area (Å²) < 4.78 is 0. The Labute approximate surface area is 99.8 Å². The largest absolute Gasteiger partial charge is 0.399 e. The first kappa shape index (κ1) is 12.3. The zero-order valence-corrected chi connectivity index (χ0v) is 10.3. The number of benzene rings is 1. The summed E-state index contributed by atoms with van der Waals surface area (Å²) in [5.41, 5.74) is 1.73. The molecule has 0 unspecified atom stereocenters. The summed E-state index contributed by atoms with van der Waals surface area (Å²) in [6.45, 7) is 2.08. The van der Waals surface area contributed by atoms with E-state index in [1.807, 2.05) is 6.07 Å². The molecule has 1 aromatic carbocycles. The van der Waals surface area contributed by atoms with Gasteiger partial charge in [-0.3, -0.25) is 0 Å². The molecule has 0 aliphatic heterocycles. The molecule has 4 heteroatoms. The van der Waals surface area contributed by atoms with Gasteiger partial charge in [-0.05, 0) is 18.6 Å². The van der Waals surface area contributed by atoms with E-state index in [1.165, 1.54) is 7.11 Å². The smallest absolute Gasteiger partial charge is 0.106 e. The zero-order chi connectivity index (χ0) is 11.3. The highest BCUT2D eigenvalue weighted by Gasteiger charge is 2.08. The van der Waals surface area contributed by atoms with E-state index in [0.717, 1.165) is 24.1 Å². The number of oxime groups is 1. The molecule has 0 fully saturated rings. The van der Waals surface area contributed by atoms with Gasteiger partial charge in [-0.15, -0.1) is 0 Å². The van der Waals surface area contributed by atoms with Crippen LogP contribution in [0.15, 0.2) is 23.4 Å². The Balaban J connectivity index is 3.06. The molecule has 0 heterocycles. The Morgan fingerprint density at radius 1 is 1.40 bits per heavy atom. The van der Waals surface area contributed by atoms with Gasteiger partial charge >= 0.3 is 0 Å². The van der Waals surface area contributed by atoms with Gasteiger partial charge in [0.2, 0.25) is 0 Å². The summed E-state index contributed by atoms with van der Waals surface area (Å²) in [5, 5.41) is 5.19. The van der Waals surface area contributed by atoms with Crippen molar-refractivity contribution in [1.29, 1.82) is 0 Å². The lowest BCUT2D eigenvalue weighted by Gasteiger charge is -2.06. The number of hydrogen-bond donors (Lipinski definition) is 0. The Bertz CT molecular complexity index is 364. The molecule has 82 valence electrons. The van der Waals surface area contributed by atoms with E-state index < -0.39 is 0 Å². The molecule has 0 radical (unpaired) electrons. The molecule has 0 saturated carbocycles. The summed E-state index contributed by atoms with van der Waals surface area (Å²) in [6.07, 6.45) is 1.82. The van der Waals surface area contributed by atoms with E-state index in [2.05, 4.69) is 12.1 Å². The van der Waals surface area contributed by atoms with Crippen LogP contribution in [0.2, 0.25) is 10.0 Å². The van der Waals surface area contributed by atoms with Gasteiger partial charge in [-0.25, -0.2) is 0 Å². The molecule has 0 saturated heterocycles. The third-order valence-corrected chi connectivity index (χ3v) is 2.48. The number of rotatable bonds is 4. The fourth-order valence-corrected chi connectivity index (χ4v) is 1.82. The standard InChI is InChI=1S/C11H13Cl2NO/c1-3-4-11(14-15-2)9-6-5-8(12)7-10(9)13/h5-7H,3-4H2,1-2H3/b14-11-. The molecule has 0 aromatic heterocycles. The van der Waals surface area contributed by atoms with Crippen molar-refractivity contribution in [2.24, 2.45) is 5.16 Å². The van der Waals surface area contributed by atoms with Crippen molar-refractivity contribution in [1.82, 2.24) is 0 Å². The van der Waals surface area contributed by atoms with Crippen molar-refractivity contribution in [3.8, 4) is 0 Å². The maximum Gasteiger partial charge on any atom is 0.106 e. The van der Waals surface area contributed by atoms with E-state index in [9.17, 15) is 0 Å². The van der Waals surface area contributed by atoms with Crippen LogP contribution in [0.5, 0.6) is 0 Å². The number of halogens is 2. The zero-order valence-electron chi connectivity index (χ0n) is 8.76. The van der Waals surface area contributed by atoms with Crippen LogP contribution in [0.3, 0.4) is 0 Å². The molecule has 0 spiro atoms. The van der Waals surface area contributed by atoms with E-state index >= 15 is 0 Å². The average Bonchev–Trinajstić information content (AvgIpc) is 2.17. The lowest BCUT2D eigenvalue weighted by molar-refractivity contribution is 0.213. The molecule has 15 heavy (non-hydrogen) atoms. The Morgan fingerprint density at radius 2 is 2.13 bits per heavy atom. The highest BCUT2D eigenvalue weighted by molar-refractivity contribution is 6.37. The van der Waals surface area contributed by atoms with Gasteiger partial charge in [0.1, 0.15) is 7.11 Å². The van der Waals surface area contributed by atoms with Gasteiger partial charge in [-0.1, -0.05) is 47.8 Å². The maximum atomic E-state index is 6.07. The van der Waals surface area contributed by atoms with Crippen molar-refractivity contribution in [3.63, 3.8) is 0 Å². The van der Waals surface area contributed by atoms with E-state index in [0.29, 0.717) is 10.0 Å². The molecule has 0 aliphatic rings. The molecule has 2 nitrogen and oxygen atoms in total. The molecule has 0 aliphatic carbocycles. The van der Waals surface area contributed by atoms with Gasteiger partial charge in [0.05, 0.1) is 10.7 Å². The van der Waals surface area contributed by atoms with Gasteiger partial charge in [0, 0.05) is 10.6 Å². The summed E-state index contributed by atoms with van der Waals surface area (Å²) in [7, 11) is 1.53. The molecule has 1 aromatic rings. The van der Waals surface area contributed by atoms with Gasteiger partial charge in [0.15, 0.2) is 0 Å². The highest BCUT2D eigenvalue weighted by atomic mass is 35.5. The first-order chi connectivity index (χ1) is 7.19. The first-order valence-electron chi connectivity index (χ1n) is 4.74. The molecule has 0 amide bonds. The van der Waals surface area contributed by atoms with E-state index in [4.69, 9.17) is 28.0 Å². The monoisotopic (exact) mass is 245 g/mol. The molecular weight excluding hydrogens is 233 g/mol. The van der Waals surface area contributed by atoms with Crippen LogP contribution >= 0.6 is 23.2 Å². The summed E-state index contributed by atoms with van der Waals surface area (Å²) in [4.78, 5) is 4.79. The predicted octanol–water partition coefficient (Wildman–Crippen LogP) is 4.14. The van der Waals surface area contributed by atoms with Crippen LogP contribution in [0.1, 0.15) is 25.3 Å².